The molecule has 1 heterocycles. The van der Waals surface area contributed by atoms with Gasteiger partial charge < -0.3 is 19.5 Å². The normalized spacial score (nSPS) is 10.7. The molecule has 0 saturated carbocycles. The Kier molecular flexibility index (Phi) is 7.28. The molecule has 0 aliphatic rings. The molecule has 28 heavy (non-hydrogen) atoms. The molecular weight excluding hydrogens is 372 g/mol. The van der Waals surface area contributed by atoms with E-state index in [1.54, 1.807) is 25.6 Å². The van der Waals surface area contributed by atoms with Crippen molar-refractivity contribution < 1.29 is 14.2 Å². The summed E-state index contributed by atoms with van der Waals surface area (Å²) in [7, 11) is 3.30. The highest BCUT2D eigenvalue weighted by molar-refractivity contribution is 7.15. The first kappa shape index (κ1) is 20.2. The van der Waals surface area contributed by atoms with Gasteiger partial charge in [0.25, 0.3) is 0 Å². The summed E-state index contributed by atoms with van der Waals surface area (Å²) in [5, 5.41) is 4.53. The minimum absolute atomic E-state index is 0.653. The van der Waals surface area contributed by atoms with Crippen LogP contribution < -0.4 is 19.5 Å². The first-order valence-corrected chi connectivity index (χ1v) is 10.1. The summed E-state index contributed by atoms with van der Waals surface area (Å²) in [6.45, 7) is 4.26. The second-order valence-electron chi connectivity index (χ2n) is 6.16. The summed E-state index contributed by atoms with van der Waals surface area (Å²) >= 11 is 1.69. The van der Waals surface area contributed by atoms with Crippen LogP contribution in [-0.2, 0) is 13.0 Å². The first-order valence-electron chi connectivity index (χ1n) is 9.33. The van der Waals surface area contributed by atoms with Crippen molar-refractivity contribution in [2.45, 2.75) is 19.9 Å². The van der Waals surface area contributed by atoms with Crippen molar-refractivity contribution in [3.8, 4) is 27.7 Å². The van der Waals surface area contributed by atoms with Crippen LogP contribution in [-0.4, -0.2) is 32.4 Å². The molecular formula is C22H26N2O3S. The van der Waals surface area contributed by atoms with Gasteiger partial charge >= 0.3 is 0 Å². The van der Waals surface area contributed by atoms with Gasteiger partial charge in [0.15, 0.2) is 11.5 Å². The number of rotatable bonds is 10. The highest BCUT2D eigenvalue weighted by atomic mass is 32.1. The predicted octanol–water partition coefficient (Wildman–Crippen LogP) is 4.56. The largest absolute Gasteiger partial charge is 0.493 e. The van der Waals surface area contributed by atoms with Crippen LogP contribution in [0.1, 0.15) is 17.5 Å². The van der Waals surface area contributed by atoms with Gasteiger partial charge in [-0.2, -0.15) is 0 Å². The van der Waals surface area contributed by atoms with Crippen LogP contribution in [0.25, 0.3) is 10.4 Å². The van der Waals surface area contributed by atoms with Crippen molar-refractivity contribution in [1.29, 1.82) is 0 Å². The van der Waals surface area contributed by atoms with Gasteiger partial charge in [0, 0.05) is 18.3 Å². The summed E-state index contributed by atoms with van der Waals surface area (Å²) in [4.78, 5) is 5.68. The van der Waals surface area contributed by atoms with E-state index in [1.165, 1.54) is 5.56 Å². The Labute approximate surface area is 170 Å². The van der Waals surface area contributed by atoms with Crippen LogP contribution in [0.5, 0.6) is 17.2 Å². The van der Waals surface area contributed by atoms with Crippen molar-refractivity contribution in [3.05, 3.63) is 59.2 Å². The molecule has 0 fully saturated rings. The summed E-state index contributed by atoms with van der Waals surface area (Å²) in [5.41, 5.74) is 2.30. The fraction of sp³-hybridized carbons (Fsp3) is 0.318. The molecule has 0 saturated heterocycles. The number of nitrogens with zero attached hydrogens (tertiary/aromatic N) is 1. The molecule has 1 aromatic heterocycles. The van der Waals surface area contributed by atoms with Crippen molar-refractivity contribution >= 4 is 11.3 Å². The first-order chi connectivity index (χ1) is 13.7. The van der Waals surface area contributed by atoms with E-state index in [1.807, 2.05) is 43.5 Å². The molecule has 0 atom stereocenters. The lowest BCUT2D eigenvalue weighted by Gasteiger charge is -2.09. The van der Waals surface area contributed by atoms with Crippen LogP contribution >= 0.6 is 11.3 Å². The average Bonchev–Trinajstić information content (AvgIpc) is 3.20. The topological polar surface area (TPSA) is 52.6 Å². The number of methoxy groups -OCH3 is 2. The van der Waals surface area contributed by atoms with Gasteiger partial charge in [-0.25, -0.2) is 4.98 Å². The van der Waals surface area contributed by atoms with Gasteiger partial charge in [-0.05, 0) is 49.7 Å². The molecule has 6 heteroatoms. The molecule has 0 bridgehead atoms. The van der Waals surface area contributed by atoms with Crippen molar-refractivity contribution in [3.63, 3.8) is 0 Å². The van der Waals surface area contributed by atoms with E-state index in [9.17, 15) is 0 Å². The number of thiazole rings is 1. The zero-order chi connectivity index (χ0) is 19.8. The Morgan fingerprint density at radius 2 is 1.82 bits per heavy atom. The van der Waals surface area contributed by atoms with Crippen LogP contribution in [0.15, 0.2) is 48.7 Å². The second kappa shape index (κ2) is 10.1. The maximum absolute atomic E-state index is 5.73. The highest BCUT2D eigenvalue weighted by Gasteiger charge is 2.10. The number of ether oxygens (including phenoxy) is 3. The number of aromatic nitrogens is 1. The fourth-order valence-electron chi connectivity index (χ4n) is 2.93. The number of hydrogen-bond donors (Lipinski definition) is 1. The molecule has 3 aromatic rings. The number of benzene rings is 2. The molecule has 0 spiro atoms. The van der Waals surface area contributed by atoms with E-state index >= 15 is 0 Å². The van der Waals surface area contributed by atoms with Crippen molar-refractivity contribution in [1.82, 2.24) is 10.3 Å². The molecule has 0 aliphatic heterocycles. The summed E-state index contributed by atoms with van der Waals surface area (Å²) in [6, 6.07) is 14.1. The Balaban J connectivity index is 1.54. The molecule has 0 amide bonds. The minimum atomic E-state index is 0.653. The molecule has 2 aromatic carbocycles. The maximum Gasteiger partial charge on any atom is 0.160 e. The summed E-state index contributed by atoms with van der Waals surface area (Å²) < 4.78 is 16.4. The van der Waals surface area contributed by atoms with E-state index in [2.05, 4.69) is 22.4 Å². The minimum Gasteiger partial charge on any atom is -0.493 e. The molecule has 1 N–H and O–H groups in total. The Hall–Kier alpha value is -2.57. The van der Waals surface area contributed by atoms with E-state index in [-0.39, 0.29) is 0 Å². The standard InChI is InChI=1S/C22H26N2O3S/c1-4-27-18-8-6-5-7-17(18)21-14-24-22(28-21)15-23-12-11-16-9-10-19(25-2)20(13-16)26-3/h5-10,13-14,23H,4,11-12,15H2,1-3H3. The van der Waals surface area contributed by atoms with Crippen LogP contribution in [0.2, 0.25) is 0 Å². The predicted molar refractivity (Wildman–Crippen MR) is 114 cm³/mol. The van der Waals surface area contributed by atoms with E-state index in [0.717, 1.165) is 52.2 Å². The lowest BCUT2D eigenvalue weighted by Crippen LogP contribution is -2.16. The third-order valence-corrected chi connectivity index (χ3v) is 5.35. The van der Waals surface area contributed by atoms with Crippen LogP contribution in [0.3, 0.4) is 0 Å². The van der Waals surface area contributed by atoms with Gasteiger partial charge in [0.05, 0.1) is 25.7 Å². The van der Waals surface area contributed by atoms with Gasteiger partial charge in [0.1, 0.15) is 10.8 Å². The van der Waals surface area contributed by atoms with E-state index in [4.69, 9.17) is 14.2 Å². The van der Waals surface area contributed by atoms with Crippen molar-refractivity contribution in [2.75, 3.05) is 27.4 Å². The van der Waals surface area contributed by atoms with E-state index in [0.29, 0.717) is 6.61 Å². The van der Waals surface area contributed by atoms with Gasteiger partial charge in [0.2, 0.25) is 0 Å². The third-order valence-electron chi connectivity index (χ3n) is 4.32. The summed E-state index contributed by atoms with van der Waals surface area (Å²) in [5.74, 6) is 2.42. The molecule has 0 aliphatic carbocycles. The quantitative estimate of drug-likeness (QED) is 0.508. The zero-order valence-electron chi connectivity index (χ0n) is 16.5. The number of hydrogen-bond acceptors (Lipinski definition) is 6. The maximum atomic E-state index is 5.73. The smallest absolute Gasteiger partial charge is 0.160 e. The fourth-order valence-corrected chi connectivity index (χ4v) is 3.85. The number of nitrogens with one attached hydrogen (secondary N) is 1. The molecule has 0 unspecified atom stereocenters. The summed E-state index contributed by atoms with van der Waals surface area (Å²) in [6.07, 6.45) is 2.83. The number of para-hydroxylation sites is 1. The lowest BCUT2D eigenvalue weighted by molar-refractivity contribution is 0.341. The third kappa shape index (κ3) is 5.03. The highest BCUT2D eigenvalue weighted by Crippen LogP contribution is 2.33. The Morgan fingerprint density at radius 3 is 2.61 bits per heavy atom. The van der Waals surface area contributed by atoms with Crippen molar-refractivity contribution in [2.24, 2.45) is 0 Å². The zero-order valence-corrected chi connectivity index (χ0v) is 17.3. The Morgan fingerprint density at radius 1 is 1.00 bits per heavy atom. The SMILES string of the molecule is CCOc1ccccc1-c1cnc(CNCCc2ccc(OC)c(OC)c2)s1. The van der Waals surface area contributed by atoms with Crippen LogP contribution in [0, 0.1) is 0 Å². The lowest BCUT2D eigenvalue weighted by atomic mass is 10.1. The Bertz CT molecular complexity index is 895. The average molecular weight is 399 g/mol. The monoisotopic (exact) mass is 398 g/mol. The molecule has 0 radical (unpaired) electrons. The van der Waals surface area contributed by atoms with Crippen LogP contribution in [0.4, 0.5) is 0 Å². The molecule has 3 rings (SSSR count). The van der Waals surface area contributed by atoms with Gasteiger partial charge in [-0.15, -0.1) is 11.3 Å². The molecule has 5 nitrogen and oxygen atoms in total. The second-order valence-corrected chi connectivity index (χ2v) is 7.28. The van der Waals surface area contributed by atoms with Gasteiger partial charge in [-0.1, -0.05) is 18.2 Å². The van der Waals surface area contributed by atoms with Gasteiger partial charge in [-0.3, -0.25) is 0 Å². The van der Waals surface area contributed by atoms with E-state index < -0.39 is 0 Å². The molecule has 148 valence electrons.